The van der Waals surface area contributed by atoms with E-state index in [9.17, 15) is 0 Å². The lowest BCUT2D eigenvalue weighted by molar-refractivity contribution is -0.0941. The maximum Gasteiger partial charge on any atom is 0.228 e. The molecule has 2 unspecified atom stereocenters. The minimum atomic E-state index is -0.201. The molecule has 0 spiro atoms. The minimum absolute atomic E-state index is 0.133. The lowest BCUT2D eigenvalue weighted by Crippen LogP contribution is -2.42. The fourth-order valence-electron chi connectivity index (χ4n) is 2.30. The van der Waals surface area contributed by atoms with Gasteiger partial charge in [-0.15, -0.1) is 0 Å². The third kappa shape index (κ3) is 4.76. The molecule has 0 saturated carbocycles. The highest BCUT2D eigenvalue weighted by molar-refractivity contribution is 4.96. The van der Waals surface area contributed by atoms with Crippen molar-refractivity contribution in [3.63, 3.8) is 0 Å². The van der Waals surface area contributed by atoms with Crippen LogP contribution in [0.2, 0.25) is 0 Å². The van der Waals surface area contributed by atoms with Crippen molar-refractivity contribution in [2.24, 2.45) is 5.41 Å². The van der Waals surface area contributed by atoms with E-state index < -0.39 is 0 Å². The molecule has 21 heavy (non-hydrogen) atoms. The first-order chi connectivity index (χ1) is 10.0. The minimum Gasteiger partial charge on any atom is -0.376 e. The van der Waals surface area contributed by atoms with Crippen molar-refractivity contribution in [2.45, 2.75) is 52.7 Å². The molecule has 0 bridgehead atoms. The van der Waals surface area contributed by atoms with Crippen LogP contribution in [0.3, 0.4) is 0 Å². The number of aromatic nitrogens is 2. The highest BCUT2D eigenvalue weighted by Gasteiger charge is 2.28. The summed E-state index contributed by atoms with van der Waals surface area (Å²) in [6.45, 7) is 11.5. The Morgan fingerprint density at radius 2 is 2.14 bits per heavy atom. The summed E-state index contributed by atoms with van der Waals surface area (Å²) < 4.78 is 16.4. The Morgan fingerprint density at radius 3 is 2.76 bits per heavy atom. The zero-order valence-electron chi connectivity index (χ0n) is 13.5. The van der Waals surface area contributed by atoms with E-state index in [4.69, 9.17) is 14.0 Å². The molecule has 6 heteroatoms. The van der Waals surface area contributed by atoms with Crippen molar-refractivity contribution < 1.29 is 14.0 Å². The van der Waals surface area contributed by atoms with E-state index >= 15 is 0 Å². The molecule has 2 rings (SSSR count). The van der Waals surface area contributed by atoms with E-state index in [2.05, 4.69) is 43.2 Å². The molecule has 2 atom stereocenters. The molecule has 1 aliphatic rings. The zero-order chi connectivity index (χ0) is 15.3. The predicted molar refractivity (Wildman–Crippen MR) is 79.1 cm³/mol. The summed E-state index contributed by atoms with van der Waals surface area (Å²) in [5, 5.41) is 7.60. The highest BCUT2D eigenvalue weighted by Crippen LogP contribution is 2.23. The number of hydrogen-bond donors (Lipinski definition) is 1. The monoisotopic (exact) mass is 297 g/mol. The zero-order valence-corrected chi connectivity index (χ0v) is 13.5. The van der Waals surface area contributed by atoms with Gasteiger partial charge in [-0.05, 0) is 18.4 Å². The van der Waals surface area contributed by atoms with Gasteiger partial charge in [0, 0.05) is 12.5 Å². The first kappa shape index (κ1) is 16.4. The molecular formula is C15H27N3O3. The Kier molecular flexibility index (Phi) is 5.72. The lowest BCUT2D eigenvalue weighted by Gasteiger charge is -2.30. The molecule has 2 heterocycles. The Balaban J connectivity index is 1.98. The summed E-state index contributed by atoms with van der Waals surface area (Å²) in [6, 6.07) is 0.300. The van der Waals surface area contributed by atoms with E-state index in [1.54, 1.807) is 0 Å². The van der Waals surface area contributed by atoms with Gasteiger partial charge in [0.05, 0.1) is 19.8 Å². The lowest BCUT2D eigenvalue weighted by atomic mass is 9.84. The van der Waals surface area contributed by atoms with Crippen LogP contribution in [0.1, 0.15) is 51.9 Å². The Bertz CT molecular complexity index is 422. The van der Waals surface area contributed by atoms with E-state index in [0.29, 0.717) is 37.6 Å². The molecular weight excluding hydrogens is 270 g/mol. The smallest absolute Gasteiger partial charge is 0.228 e. The van der Waals surface area contributed by atoms with Gasteiger partial charge in [0.25, 0.3) is 0 Å². The van der Waals surface area contributed by atoms with Gasteiger partial charge in [-0.3, -0.25) is 0 Å². The van der Waals surface area contributed by atoms with Crippen molar-refractivity contribution in [1.29, 1.82) is 0 Å². The highest BCUT2D eigenvalue weighted by atomic mass is 16.6. The van der Waals surface area contributed by atoms with Crippen molar-refractivity contribution in [2.75, 3.05) is 26.4 Å². The summed E-state index contributed by atoms with van der Waals surface area (Å²) in [6.07, 6.45) is 1.63. The Hall–Kier alpha value is -0.980. The van der Waals surface area contributed by atoms with Gasteiger partial charge in [-0.25, -0.2) is 0 Å². The second-order valence-corrected chi connectivity index (χ2v) is 6.56. The number of hydrogen-bond acceptors (Lipinski definition) is 6. The van der Waals surface area contributed by atoms with Crippen molar-refractivity contribution in [3.8, 4) is 0 Å². The molecule has 120 valence electrons. The van der Waals surface area contributed by atoms with Gasteiger partial charge in [-0.2, -0.15) is 4.98 Å². The summed E-state index contributed by atoms with van der Waals surface area (Å²) in [7, 11) is 0. The van der Waals surface area contributed by atoms with Crippen LogP contribution in [0, 0.1) is 5.41 Å². The summed E-state index contributed by atoms with van der Waals surface area (Å²) >= 11 is 0. The molecule has 0 aromatic carbocycles. The topological polar surface area (TPSA) is 69.4 Å². The standard InChI is InChI=1S/C15H27N3O3/c1-5-6-16-12(15(2,3)4)9-13-17-14(18-21-13)11-10-19-7-8-20-11/h11-12,16H,5-10H2,1-4H3. The maximum absolute atomic E-state index is 5.59. The number of nitrogens with zero attached hydrogens (tertiary/aromatic N) is 2. The van der Waals surface area contributed by atoms with Gasteiger partial charge in [-0.1, -0.05) is 32.9 Å². The van der Waals surface area contributed by atoms with Crippen LogP contribution in [-0.4, -0.2) is 42.5 Å². The molecule has 1 N–H and O–H groups in total. The fourth-order valence-corrected chi connectivity index (χ4v) is 2.30. The molecule has 6 nitrogen and oxygen atoms in total. The van der Waals surface area contributed by atoms with Crippen molar-refractivity contribution in [3.05, 3.63) is 11.7 Å². The van der Waals surface area contributed by atoms with Gasteiger partial charge in [0.1, 0.15) is 6.10 Å². The van der Waals surface area contributed by atoms with Crippen LogP contribution in [0.5, 0.6) is 0 Å². The molecule has 0 aliphatic carbocycles. The maximum atomic E-state index is 5.59. The van der Waals surface area contributed by atoms with E-state index in [1.807, 2.05) is 0 Å². The molecule has 1 aliphatic heterocycles. The van der Waals surface area contributed by atoms with Gasteiger partial charge < -0.3 is 19.3 Å². The first-order valence-corrected chi connectivity index (χ1v) is 7.76. The largest absolute Gasteiger partial charge is 0.376 e. The molecule has 1 aromatic heterocycles. The summed E-state index contributed by atoms with van der Waals surface area (Å²) in [5.41, 5.74) is 0.133. The van der Waals surface area contributed by atoms with Crippen LogP contribution in [0.25, 0.3) is 0 Å². The summed E-state index contributed by atoms with van der Waals surface area (Å²) in [4.78, 5) is 4.47. The normalized spacial score (nSPS) is 21.4. The molecule has 1 fully saturated rings. The van der Waals surface area contributed by atoms with Gasteiger partial charge in [0.15, 0.2) is 0 Å². The molecule has 1 aromatic rings. The quantitative estimate of drug-likeness (QED) is 0.867. The number of rotatable bonds is 6. The van der Waals surface area contributed by atoms with Crippen molar-refractivity contribution >= 4 is 0 Å². The molecule has 1 saturated heterocycles. The average molecular weight is 297 g/mol. The SMILES string of the molecule is CCCNC(Cc1nc(C2COCCO2)no1)C(C)(C)C. The van der Waals surface area contributed by atoms with Crippen LogP contribution >= 0.6 is 0 Å². The third-order valence-electron chi connectivity index (χ3n) is 3.65. The van der Waals surface area contributed by atoms with E-state index in [1.165, 1.54) is 0 Å². The first-order valence-electron chi connectivity index (χ1n) is 7.76. The number of ether oxygens (including phenoxy) is 2. The van der Waals surface area contributed by atoms with Crippen LogP contribution < -0.4 is 5.32 Å². The Labute approximate surface area is 126 Å². The summed E-state index contributed by atoms with van der Waals surface area (Å²) in [5.74, 6) is 1.25. The van der Waals surface area contributed by atoms with Crippen LogP contribution in [0.4, 0.5) is 0 Å². The second-order valence-electron chi connectivity index (χ2n) is 6.56. The van der Waals surface area contributed by atoms with Gasteiger partial charge >= 0.3 is 0 Å². The second kappa shape index (κ2) is 7.33. The van der Waals surface area contributed by atoms with E-state index in [-0.39, 0.29) is 11.5 Å². The van der Waals surface area contributed by atoms with Crippen LogP contribution in [0.15, 0.2) is 4.52 Å². The van der Waals surface area contributed by atoms with E-state index in [0.717, 1.165) is 19.4 Å². The van der Waals surface area contributed by atoms with Crippen LogP contribution in [-0.2, 0) is 15.9 Å². The average Bonchev–Trinajstić information content (AvgIpc) is 2.92. The Morgan fingerprint density at radius 1 is 1.33 bits per heavy atom. The predicted octanol–water partition coefficient (Wildman–Crippen LogP) is 2.11. The fraction of sp³-hybridized carbons (Fsp3) is 0.867. The van der Waals surface area contributed by atoms with Gasteiger partial charge in [0.2, 0.25) is 11.7 Å². The molecule has 0 amide bonds. The van der Waals surface area contributed by atoms with Crippen molar-refractivity contribution in [1.82, 2.24) is 15.5 Å². The third-order valence-corrected chi connectivity index (χ3v) is 3.65. The number of nitrogens with one attached hydrogen (secondary N) is 1. The molecule has 0 radical (unpaired) electrons.